The molecule has 0 aromatic heterocycles. The largest absolute Gasteiger partial charge is 0.478 e. The zero-order valence-electron chi connectivity index (χ0n) is 10.4. The van der Waals surface area contributed by atoms with Crippen molar-refractivity contribution in [2.75, 3.05) is 12.0 Å². The van der Waals surface area contributed by atoms with Gasteiger partial charge in [-0.15, -0.1) is 0 Å². The van der Waals surface area contributed by atoms with E-state index in [-0.39, 0.29) is 30.2 Å². The molecule has 19 heavy (non-hydrogen) atoms. The Bertz CT molecular complexity index is 562. The van der Waals surface area contributed by atoms with E-state index in [1.165, 1.54) is 12.1 Å². The van der Waals surface area contributed by atoms with E-state index < -0.39 is 15.8 Å². The van der Waals surface area contributed by atoms with E-state index in [1.807, 2.05) is 0 Å². The number of amides is 1. The molecule has 0 aliphatic heterocycles. The van der Waals surface area contributed by atoms with Gasteiger partial charge in [0.2, 0.25) is 5.91 Å². The summed E-state index contributed by atoms with van der Waals surface area (Å²) in [4.78, 5) is 22.0. The van der Waals surface area contributed by atoms with Crippen LogP contribution in [0.15, 0.2) is 24.3 Å². The second-order valence-corrected chi connectivity index (χ2v) is 6.42. The number of hydrogen-bond donors (Lipinski definition) is 2. The summed E-state index contributed by atoms with van der Waals surface area (Å²) >= 11 is 0. The molecule has 0 saturated carbocycles. The van der Waals surface area contributed by atoms with Gasteiger partial charge in [-0.3, -0.25) is 4.79 Å². The number of aromatic carboxylic acids is 1. The lowest BCUT2D eigenvalue weighted by Gasteiger charge is -2.05. The first kappa shape index (κ1) is 15.2. The van der Waals surface area contributed by atoms with Crippen molar-refractivity contribution in [3.05, 3.63) is 35.4 Å². The first-order valence-electron chi connectivity index (χ1n) is 5.54. The molecule has 0 spiro atoms. The van der Waals surface area contributed by atoms with Gasteiger partial charge in [0.05, 0.1) is 11.3 Å². The average molecular weight is 285 g/mol. The number of rotatable bonds is 6. The van der Waals surface area contributed by atoms with Crippen molar-refractivity contribution in [1.29, 1.82) is 0 Å². The molecule has 6 nitrogen and oxygen atoms in total. The molecule has 1 aromatic rings. The number of carbonyl (C=O) groups excluding carboxylic acids is 1. The van der Waals surface area contributed by atoms with E-state index in [9.17, 15) is 18.0 Å². The summed E-state index contributed by atoms with van der Waals surface area (Å²) in [5, 5.41) is 11.3. The van der Waals surface area contributed by atoms with Crippen LogP contribution in [0.5, 0.6) is 0 Å². The molecule has 0 atom stereocenters. The van der Waals surface area contributed by atoms with Crippen molar-refractivity contribution >= 4 is 21.7 Å². The molecule has 0 bridgehead atoms. The highest BCUT2D eigenvalue weighted by molar-refractivity contribution is 7.90. The summed E-state index contributed by atoms with van der Waals surface area (Å²) in [5.41, 5.74) is 0.921. The Morgan fingerprint density at radius 1 is 1.21 bits per heavy atom. The predicted molar refractivity (Wildman–Crippen MR) is 69.6 cm³/mol. The second kappa shape index (κ2) is 6.33. The molecule has 0 aliphatic carbocycles. The van der Waals surface area contributed by atoms with Crippen LogP contribution in [-0.2, 0) is 21.2 Å². The molecule has 0 aliphatic rings. The van der Waals surface area contributed by atoms with Crippen LogP contribution in [0, 0.1) is 0 Å². The van der Waals surface area contributed by atoms with E-state index in [1.54, 1.807) is 12.1 Å². The van der Waals surface area contributed by atoms with Gasteiger partial charge in [-0.1, -0.05) is 12.1 Å². The zero-order valence-corrected chi connectivity index (χ0v) is 11.2. The number of hydrogen-bond acceptors (Lipinski definition) is 4. The SMILES string of the molecule is CS(=O)(=O)CCC(=O)NCc1ccc(C(=O)O)cc1. The van der Waals surface area contributed by atoms with Crippen LogP contribution in [0.3, 0.4) is 0 Å². The van der Waals surface area contributed by atoms with Crippen LogP contribution in [-0.4, -0.2) is 37.4 Å². The topological polar surface area (TPSA) is 101 Å². The lowest BCUT2D eigenvalue weighted by molar-refractivity contribution is -0.120. The number of sulfone groups is 1. The Kier molecular flexibility index (Phi) is 5.05. The summed E-state index contributed by atoms with van der Waals surface area (Å²) in [6.07, 6.45) is 0.997. The Balaban J connectivity index is 2.44. The molecule has 104 valence electrons. The van der Waals surface area contributed by atoms with Crippen molar-refractivity contribution in [2.24, 2.45) is 0 Å². The molecule has 0 radical (unpaired) electrons. The summed E-state index contributed by atoms with van der Waals surface area (Å²) < 4.78 is 21.8. The second-order valence-electron chi connectivity index (χ2n) is 4.16. The molecule has 1 rings (SSSR count). The molecule has 1 amide bonds. The van der Waals surface area contributed by atoms with Gasteiger partial charge in [0.1, 0.15) is 9.84 Å². The van der Waals surface area contributed by atoms with Crippen LogP contribution in [0.1, 0.15) is 22.3 Å². The molecular formula is C12H15NO5S. The van der Waals surface area contributed by atoms with Crippen molar-refractivity contribution in [3.63, 3.8) is 0 Å². The Morgan fingerprint density at radius 2 is 1.79 bits per heavy atom. The molecule has 2 N–H and O–H groups in total. The van der Waals surface area contributed by atoms with Crippen molar-refractivity contribution in [2.45, 2.75) is 13.0 Å². The van der Waals surface area contributed by atoms with E-state index in [0.29, 0.717) is 0 Å². The van der Waals surface area contributed by atoms with E-state index in [4.69, 9.17) is 5.11 Å². The minimum atomic E-state index is -3.14. The van der Waals surface area contributed by atoms with Crippen molar-refractivity contribution in [3.8, 4) is 0 Å². The van der Waals surface area contributed by atoms with Gasteiger partial charge in [-0.25, -0.2) is 13.2 Å². The van der Waals surface area contributed by atoms with Gasteiger partial charge in [0.25, 0.3) is 0 Å². The quantitative estimate of drug-likeness (QED) is 0.789. The molecular weight excluding hydrogens is 270 g/mol. The molecule has 1 aromatic carbocycles. The maximum atomic E-state index is 11.4. The lowest BCUT2D eigenvalue weighted by atomic mass is 10.1. The predicted octanol–water partition coefficient (Wildman–Crippen LogP) is 0.436. The van der Waals surface area contributed by atoms with Gasteiger partial charge in [0, 0.05) is 19.2 Å². The average Bonchev–Trinajstić information content (AvgIpc) is 2.33. The summed E-state index contributed by atoms with van der Waals surface area (Å²) in [5.74, 6) is -1.55. The highest BCUT2D eigenvalue weighted by atomic mass is 32.2. The van der Waals surface area contributed by atoms with Gasteiger partial charge >= 0.3 is 5.97 Å². The normalized spacial score (nSPS) is 11.0. The number of carboxylic acid groups (broad SMARTS) is 1. The van der Waals surface area contributed by atoms with Crippen LogP contribution in [0.2, 0.25) is 0 Å². The fourth-order valence-corrected chi connectivity index (χ4v) is 1.89. The van der Waals surface area contributed by atoms with Crippen molar-refractivity contribution in [1.82, 2.24) is 5.32 Å². The van der Waals surface area contributed by atoms with E-state index in [2.05, 4.69) is 5.32 Å². The van der Waals surface area contributed by atoms with Crippen LogP contribution in [0.4, 0.5) is 0 Å². The maximum Gasteiger partial charge on any atom is 0.335 e. The Hall–Kier alpha value is -1.89. The fourth-order valence-electron chi connectivity index (χ4n) is 1.33. The monoisotopic (exact) mass is 285 g/mol. The molecule has 0 fully saturated rings. The molecule has 0 heterocycles. The third-order valence-electron chi connectivity index (χ3n) is 2.39. The van der Waals surface area contributed by atoms with Crippen LogP contribution < -0.4 is 5.32 Å². The smallest absolute Gasteiger partial charge is 0.335 e. The van der Waals surface area contributed by atoms with Gasteiger partial charge in [-0.2, -0.15) is 0 Å². The van der Waals surface area contributed by atoms with Crippen LogP contribution >= 0.6 is 0 Å². The van der Waals surface area contributed by atoms with E-state index in [0.717, 1.165) is 11.8 Å². The number of carboxylic acids is 1. The number of carbonyl (C=O) groups is 2. The Labute approximate surface area is 111 Å². The minimum Gasteiger partial charge on any atom is -0.478 e. The highest BCUT2D eigenvalue weighted by Crippen LogP contribution is 2.04. The first-order valence-corrected chi connectivity index (χ1v) is 7.60. The molecule has 0 unspecified atom stereocenters. The fraction of sp³-hybridized carbons (Fsp3) is 0.333. The van der Waals surface area contributed by atoms with Gasteiger partial charge in [-0.05, 0) is 17.7 Å². The van der Waals surface area contributed by atoms with Crippen LogP contribution in [0.25, 0.3) is 0 Å². The zero-order chi connectivity index (χ0) is 14.5. The van der Waals surface area contributed by atoms with Gasteiger partial charge in [0.15, 0.2) is 0 Å². The summed E-state index contributed by atoms with van der Waals surface area (Å²) in [6, 6.07) is 6.08. The standard InChI is InChI=1S/C12H15NO5S/c1-19(17,18)7-6-11(14)13-8-9-2-4-10(5-3-9)12(15)16/h2-5H,6-8H2,1H3,(H,13,14)(H,15,16). The maximum absolute atomic E-state index is 11.4. The highest BCUT2D eigenvalue weighted by Gasteiger charge is 2.08. The lowest BCUT2D eigenvalue weighted by Crippen LogP contribution is -2.24. The third kappa shape index (κ3) is 6.01. The van der Waals surface area contributed by atoms with E-state index >= 15 is 0 Å². The minimum absolute atomic E-state index is 0.0773. The Morgan fingerprint density at radius 3 is 2.26 bits per heavy atom. The third-order valence-corrected chi connectivity index (χ3v) is 3.34. The summed E-state index contributed by atoms with van der Waals surface area (Å²) in [6.45, 7) is 0.239. The number of nitrogens with one attached hydrogen (secondary N) is 1. The van der Waals surface area contributed by atoms with Crippen molar-refractivity contribution < 1.29 is 23.1 Å². The summed E-state index contributed by atoms with van der Waals surface area (Å²) in [7, 11) is -3.14. The molecule has 0 saturated heterocycles. The number of benzene rings is 1. The molecule has 7 heteroatoms. The van der Waals surface area contributed by atoms with Gasteiger partial charge < -0.3 is 10.4 Å². The first-order chi connectivity index (χ1) is 8.78.